The van der Waals surface area contributed by atoms with Crippen LogP contribution in [0.2, 0.25) is 0 Å². The molecule has 1 fully saturated rings. The molecule has 2 amide bonds. The van der Waals surface area contributed by atoms with Crippen LogP contribution in [0.3, 0.4) is 0 Å². The summed E-state index contributed by atoms with van der Waals surface area (Å²) >= 11 is 0. The number of carbonyl (C=O) groups is 2. The Morgan fingerprint density at radius 3 is 2.33 bits per heavy atom. The molecule has 12 nitrogen and oxygen atoms in total. The first-order valence-electron chi connectivity index (χ1n) is 14.9. The fraction of sp³-hybridized carbons (Fsp3) is 0.294. The van der Waals surface area contributed by atoms with Gasteiger partial charge in [0.15, 0.2) is 17.3 Å². The number of rotatable bonds is 10. The van der Waals surface area contributed by atoms with Crippen molar-refractivity contribution in [3.63, 3.8) is 0 Å². The van der Waals surface area contributed by atoms with Crippen LogP contribution in [-0.2, 0) is 11.3 Å². The van der Waals surface area contributed by atoms with E-state index in [0.29, 0.717) is 66.2 Å². The highest BCUT2D eigenvalue weighted by molar-refractivity contribution is 5.97. The van der Waals surface area contributed by atoms with Crippen molar-refractivity contribution in [1.29, 1.82) is 0 Å². The first kappa shape index (κ1) is 30.5. The molecule has 3 heterocycles. The van der Waals surface area contributed by atoms with Crippen molar-refractivity contribution < 1.29 is 33.3 Å². The number of fused-ring (bicyclic) bond motifs is 1. The number of methoxy groups -OCH3 is 3. The zero-order valence-electron chi connectivity index (χ0n) is 26.0. The Hall–Kier alpha value is -5.52. The zero-order valence-corrected chi connectivity index (χ0v) is 26.0. The molecule has 2 aliphatic rings. The number of piperazine rings is 1. The lowest BCUT2D eigenvalue weighted by Crippen LogP contribution is -2.52. The second-order valence-electron chi connectivity index (χ2n) is 10.8. The van der Waals surface area contributed by atoms with Crippen LogP contribution in [0.5, 0.6) is 28.7 Å². The third kappa shape index (κ3) is 6.60. The van der Waals surface area contributed by atoms with E-state index in [2.05, 4.69) is 15.1 Å². The summed E-state index contributed by atoms with van der Waals surface area (Å²) in [4.78, 5) is 32.7. The summed E-state index contributed by atoms with van der Waals surface area (Å²) in [7, 11) is 4.76. The number of nitrogens with zero attached hydrogens (tertiary/aromatic N) is 5. The van der Waals surface area contributed by atoms with Gasteiger partial charge in [0.1, 0.15) is 23.8 Å². The van der Waals surface area contributed by atoms with Gasteiger partial charge in [-0.2, -0.15) is 0 Å². The summed E-state index contributed by atoms with van der Waals surface area (Å²) in [5, 5.41) is 8.90. The van der Waals surface area contributed by atoms with Gasteiger partial charge in [-0.3, -0.25) is 9.59 Å². The number of carbonyl (C=O) groups excluding carboxylic acids is 2. The van der Waals surface area contributed by atoms with Gasteiger partial charge in [0, 0.05) is 49.9 Å². The first-order valence-corrected chi connectivity index (χ1v) is 14.9. The molecule has 12 heteroatoms. The van der Waals surface area contributed by atoms with Crippen LogP contribution in [0.25, 0.3) is 11.3 Å². The molecule has 4 aromatic rings. The highest BCUT2D eigenvalue weighted by Gasteiger charge is 2.27. The number of benzene rings is 3. The van der Waals surface area contributed by atoms with E-state index in [4.69, 9.17) is 23.7 Å². The third-order valence-corrected chi connectivity index (χ3v) is 8.03. The Bertz CT molecular complexity index is 1710. The lowest BCUT2D eigenvalue weighted by atomic mass is 10.1. The van der Waals surface area contributed by atoms with Crippen LogP contribution in [0.4, 0.5) is 5.82 Å². The molecule has 2 aliphatic heterocycles. The van der Waals surface area contributed by atoms with Crippen LogP contribution in [0.15, 0.2) is 72.8 Å². The Balaban J connectivity index is 1.12. The third-order valence-electron chi connectivity index (χ3n) is 8.03. The Morgan fingerprint density at radius 1 is 0.804 bits per heavy atom. The molecule has 0 radical (unpaired) electrons. The number of ether oxygens (including phenoxy) is 5. The normalized spacial score (nSPS) is 13.7. The molecule has 0 unspecified atom stereocenters. The van der Waals surface area contributed by atoms with Crippen LogP contribution in [0, 0.1) is 0 Å². The summed E-state index contributed by atoms with van der Waals surface area (Å²) in [6.07, 6.45) is 0. The number of hydrogen-bond donors (Lipinski definition) is 0. The zero-order chi connectivity index (χ0) is 32.0. The maximum atomic E-state index is 13.7. The molecule has 0 N–H and O–H groups in total. The molecule has 1 aromatic heterocycles. The van der Waals surface area contributed by atoms with Crippen molar-refractivity contribution in [3.8, 4) is 40.0 Å². The second-order valence-corrected chi connectivity index (χ2v) is 10.8. The van der Waals surface area contributed by atoms with Crippen molar-refractivity contribution in [2.75, 3.05) is 65.7 Å². The Labute approximate surface area is 267 Å². The fourth-order valence-corrected chi connectivity index (χ4v) is 5.49. The molecule has 1 saturated heterocycles. The highest BCUT2D eigenvalue weighted by Crippen LogP contribution is 2.34. The molecule has 0 saturated carbocycles. The van der Waals surface area contributed by atoms with Gasteiger partial charge in [-0.05, 0) is 60.2 Å². The lowest BCUT2D eigenvalue weighted by Gasteiger charge is -2.36. The topological polar surface area (TPSA) is 116 Å². The fourth-order valence-electron chi connectivity index (χ4n) is 5.49. The van der Waals surface area contributed by atoms with Crippen LogP contribution in [-0.4, -0.2) is 92.7 Å². The Morgan fingerprint density at radius 2 is 1.59 bits per heavy atom. The molecule has 0 atom stereocenters. The van der Waals surface area contributed by atoms with Crippen molar-refractivity contribution in [1.82, 2.24) is 20.0 Å². The van der Waals surface area contributed by atoms with Crippen molar-refractivity contribution in [2.24, 2.45) is 0 Å². The predicted molar refractivity (Wildman–Crippen MR) is 170 cm³/mol. The SMILES string of the molecule is COc1cccc(C(=O)N(CC(=O)N2CCN(c3ccc(-c4ccc(OC)cc4OC)nn3)CC2)Cc2ccc3c(c2)OCO3)c1. The van der Waals surface area contributed by atoms with Gasteiger partial charge in [0.25, 0.3) is 5.91 Å². The van der Waals surface area contributed by atoms with Crippen molar-refractivity contribution in [3.05, 3.63) is 83.9 Å². The predicted octanol–water partition coefficient (Wildman–Crippen LogP) is 3.89. The summed E-state index contributed by atoms with van der Waals surface area (Å²) in [5.74, 6) is 3.49. The number of aromatic nitrogens is 2. The summed E-state index contributed by atoms with van der Waals surface area (Å²) < 4.78 is 27.1. The van der Waals surface area contributed by atoms with Crippen LogP contribution in [0.1, 0.15) is 15.9 Å². The number of amides is 2. The molecule has 3 aromatic carbocycles. The van der Waals surface area contributed by atoms with Gasteiger partial charge >= 0.3 is 0 Å². The molecule has 238 valence electrons. The van der Waals surface area contributed by atoms with Crippen LogP contribution >= 0.6 is 0 Å². The van der Waals surface area contributed by atoms with Gasteiger partial charge < -0.3 is 38.4 Å². The summed E-state index contributed by atoms with van der Waals surface area (Å²) in [6.45, 7) is 2.43. The minimum absolute atomic E-state index is 0.0807. The first-order chi connectivity index (χ1) is 22.4. The largest absolute Gasteiger partial charge is 0.497 e. The van der Waals surface area contributed by atoms with E-state index in [0.717, 1.165) is 16.9 Å². The van der Waals surface area contributed by atoms with Crippen molar-refractivity contribution >= 4 is 17.6 Å². The lowest BCUT2D eigenvalue weighted by molar-refractivity contribution is -0.132. The van der Waals surface area contributed by atoms with E-state index in [1.54, 1.807) is 55.4 Å². The Kier molecular flexibility index (Phi) is 9.04. The summed E-state index contributed by atoms with van der Waals surface area (Å²) in [6, 6.07) is 21.8. The van der Waals surface area contributed by atoms with Crippen LogP contribution < -0.4 is 28.6 Å². The average Bonchev–Trinajstić information content (AvgIpc) is 3.59. The molecule has 0 bridgehead atoms. The van der Waals surface area contributed by atoms with E-state index >= 15 is 0 Å². The second kappa shape index (κ2) is 13.6. The van der Waals surface area contributed by atoms with Crippen molar-refractivity contribution in [2.45, 2.75) is 6.54 Å². The molecule has 6 rings (SSSR count). The number of hydrogen-bond acceptors (Lipinski definition) is 10. The quantitative estimate of drug-likeness (QED) is 0.257. The van der Waals surface area contributed by atoms with Gasteiger partial charge in [-0.15, -0.1) is 10.2 Å². The van der Waals surface area contributed by atoms with Gasteiger partial charge in [-0.25, -0.2) is 0 Å². The standard InChI is InChI=1S/C34H35N5O7/c1-42-25-6-4-5-24(18-25)34(41)39(20-23-7-11-29-31(17-23)46-22-45-29)21-33(40)38-15-13-37(14-16-38)32-12-10-28(35-36-32)27-9-8-26(43-2)19-30(27)44-3/h4-12,17-19H,13-16,20-22H2,1-3H3. The average molecular weight is 626 g/mol. The number of anilines is 1. The molecule has 46 heavy (non-hydrogen) atoms. The van der Waals surface area contributed by atoms with E-state index < -0.39 is 0 Å². The van der Waals surface area contributed by atoms with Gasteiger partial charge in [0.2, 0.25) is 12.7 Å². The van der Waals surface area contributed by atoms with Gasteiger partial charge in [-0.1, -0.05) is 12.1 Å². The molecule has 0 aliphatic carbocycles. The molecular formula is C34H35N5O7. The maximum Gasteiger partial charge on any atom is 0.254 e. The minimum atomic E-state index is -0.271. The minimum Gasteiger partial charge on any atom is -0.497 e. The summed E-state index contributed by atoms with van der Waals surface area (Å²) in [5.41, 5.74) is 2.76. The van der Waals surface area contributed by atoms with E-state index in [1.165, 1.54) is 0 Å². The molecule has 0 spiro atoms. The maximum absolute atomic E-state index is 13.7. The van der Waals surface area contributed by atoms with E-state index in [-0.39, 0.29) is 31.7 Å². The highest BCUT2D eigenvalue weighted by atomic mass is 16.7. The van der Waals surface area contributed by atoms with E-state index in [9.17, 15) is 9.59 Å². The monoisotopic (exact) mass is 625 g/mol. The van der Waals surface area contributed by atoms with Gasteiger partial charge in [0.05, 0.1) is 27.0 Å². The smallest absolute Gasteiger partial charge is 0.254 e. The molecular weight excluding hydrogens is 590 g/mol. The van der Waals surface area contributed by atoms with E-state index in [1.807, 2.05) is 48.5 Å².